The van der Waals surface area contributed by atoms with Crippen molar-refractivity contribution in [2.45, 2.75) is 26.6 Å². The molecule has 0 unspecified atom stereocenters. The summed E-state index contributed by atoms with van der Waals surface area (Å²) >= 11 is 0. The lowest BCUT2D eigenvalue weighted by atomic mass is 10.4. The summed E-state index contributed by atoms with van der Waals surface area (Å²) in [4.78, 5) is 8.53. The molecule has 1 rings (SSSR count). The van der Waals surface area contributed by atoms with E-state index in [-0.39, 0.29) is 6.29 Å². The third-order valence-electron chi connectivity index (χ3n) is 2.24. The highest BCUT2D eigenvalue weighted by molar-refractivity contribution is 5.30. The van der Waals surface area contributed by atoms with Crippen molar-refractivity contribution in [2.75, 3.05) is 32.7 Å². The van der Waals surface area contributed by atoms with Crippen LogP contribution in [0.1, 0.15) is 19.0 Å². The van der Waals surface area contributed by atoms with E-state index in [0.717, 1.165) is 12.1 Å². The highest BCUT2D eigenvalue weighted by Crippen LogP contribution is 2.12. The molecule has 0 saturated carbocycles. The van der Waals surface area contributed by atoms with E-state index >= 15 is 0 Å². The molecule has 6 nitrogen and oxygen atoms in total. The van der Waals surface area contributed by atoms with Gasteiger partial charge in [0.15, 0.2) is 6.29 Å². The first-order valence-electron chi connectivity index (χ1n) is 5.97. The fourth-order valence-corrected chi connectivity index (χ4v) is 1.34. The standard InChI is InChI=1S/C12H21N3O3/c1-5-6-18-10-7-9(2)14-12(15-10)13-8-11(16-3)17-4/h7,11H,5-6,8H2,1-4H3,(H,13,14,15). The summed E-state index contributed by atoms with van der Waals surface area (Å²) in [6.45, 7) is 5.07. The Balaban J connectivity index is 2.61. The largest absolute Gasteiger partial charge is 0.478 e. The van der Waals surface area contributed by atoms with Gasteiger partial charge in [0, 0.05) is 26.0 Å². The van der Waals surface area contributed by atoms with Crippen LogP contribution in [0, 0.1) is 6.92 Å². The van der Waals surface area contributed by atoms with Gasteiger partial charge in [-0.1, -0.05) is 6.92 Å². The normalized spacial score (nSPS) is 10.7. The van der Waals surface area contributed by atoms with E-state index in [1.54, 1.807) is 14.2 Å². The maximum atomic E-state index is 5.48. The van der Waals surface area contributed by atoms with E-state index in [9.17, 15) is 0 Å². The molecule has 0 radical (unpaired) electrons. The van der Waals surface area contributed by atoms with Crippen LogP contribution >= 0.6 is 0 Å². The molecule has 1 heterocycles. The second-order valence-electron chi connectivity index (χ2n) is 3.80. The van der Waals surface area contributed by atoms with Gasteiger partial charge < -0.3 is 19.5 Å². The van der Waals surface area contributed by atoms with Crippen LogP contribution in [0.4, 0.5) is 5.95 Å². The van der Waals surface area contributed by atoms with Gasteiger partial charge in [-0.05, 0) is 13.3 Å². The van der Waals surface area contributed by atoms with Crippen molar-refractivity contribution in [3.05, 3.63) is 11.8 Å². The number of hydrogen-bond donors (Lipinski definition) is 1. The van der Waals surface area contributed by atoms with Crippen molar-refractivity contribution in [2.24, 2.45) is 0 Å². The van der Waals surface area contributed by atoms with E-state index < -0.39 is 0 Å². The predicted octanol–water partition coefficient (Wildman–Crippen LogP) is 1.60. The van der Waals surface area contributed by atoms with Gasteiger partial charge in [-0.2, -0.15) is 4.98 Å². The molecule has 18 heavy (non-hydrogen) atoms. The van der Waals surface area contributed by atoms with Crippen molar-refractivity contribution >= 4 is 5.95 Å². The summed E-state index contributed by atoms with van der Waals surface area (Å²) < 4.78 is 15.6. The number of anilines is 1. The predicted molar refractivity (Wildman–Crippen MR) is 68.9 cm³/mol. The van der Waals surface area contributed by atoms with Crippen LogP contribution in [-0.4, -0.2) is 43.6 Å². The highest BCUT2D eigenvalue weighted by Gasteiger charge is 2.07. The smallest absolute Gasteiger partial charge is 0.226 e. The first kappa shape index (κ1) is 14.7. The second-order valence-corrected chi connectivity index (χ2v) is 3.80. The molecule has 0 spiro atoms. The van der Waals surface area contributed by atoms with Gasteiger partial charge >= 0.3 is 0 Å². The van der Waals surface area contributed by atoms with Gasteiger partial charge in [-0.15, -0.1) is 0 Å². The third kappa shape index (κ3) is 4.85. The molecule has 0 aromatic carbocycles. The summed E-state index contributed by atoms with van der Waals surface area (Å²) in [6.07, 6.45) is 0.621. The van der Waals surface area contributed by atoms with Crippen molar-refractivity contribution < 1.29 is 14.2 Å². The van der Waals surface area contributed by atoms with Gasteiger partial charge in [0.2, 0.25) is 11.8 Å². The summed E-state index contributed by atoms with van der Waals surface area (Å²) in [5.41, 5.74) is 0.852. The third-order valence-corrected chi connectivity index (χ3v) is 2.24. The lowest BCUT2D eigenvalue weighted by Crippen LogP contribution is -2.24. The zero-order valence-corrected chi connectivity index (χ0v) is 11.4. The molecule has 0 fully saturated rings. The van der Waals surface area contributed by atoms with Crippen LogP contribution < -0.4 is 10.1 Å². The summed E-state index contributed by atoms with van der Waals surface area (Å²) in [5, 5.41) is 3.05. The van der Waals surface area contributed by atoms with Crippen LogP contribution in [0.2, 0.25) is 0 Å². The molecule has 1 aromatic heterocycles. The number of ether oxygens (including phenoxy) is 3. The van der Waals surface area contributed by atoms with Crippen molar-refractivity contribution in [3.8, 4) is 5.88 Å². The van der Waals surface area contributed by atoms with Crippen LogP contribution in [0.15, 0.2) is 6.07 Å². The number of rotatable bonds is 8. The zero-order valence-electron chi connectivity index (χ0n) is 11.4. The molecule has 1 N–H and O–H groups in total. The van der Waals surface area contributed by atoms with Gasteiger partial charge in [0.05, 0.1) is 13.2 Å². The zero-order chi connectivity index (χ0) is 13.4. The number of methoxy groups -OCH3 is 2. The maximum Gasteiger partial charge on any atom is 0.226 e. The van der Waals surface area contributed by atoms with E-state index in [1.807, 2.05) is 13.0 Å². The summed E-state index contributed by atoms with van der Waals surface area (Å²) in [6, 6.07) is 1.81. The van der Waals surface area contributed by atoms with E-state index in [4.69, 9.17) is 14.2 Å². The molecule has 0 amide bonds. The van der Waals surface area contributed by atoms with Gasteiger partial charge in [0.25, 0.3) is 0 Å². The molecule has 0 saturated heterocycles. The molecule has 0 aliphatic carbocycles. The van der Waals surface area contributed by atoms with Crippen LogP contribution in [0.5, 0.6) is 5.88 Å². The second kappa shape index (κ2) is 7.84. The van der Waals surface area contributed by atoms with Gasteiger partial charge in [0.1, 0.15) is 0 Å². The Labute approximate surface area is 108 Å². The Morgan fingerprint density at radius 1 is 1.28 bits per heavy atom. The van der Waals surface area contributed by atoms with Gasteiger partial charge in [-0.25, -0.2) is 4.98 Å². The molecule has 0 bridgehead atoms. The molecule has 0 atom stereocenters. The van der Waals surface area contributed by atoms with Crippen molar-refractivity contribution in [1.29, 1.82) is 0 Å². The minimum Gasteiger partial charge on any atom is -0.478 e. The quantitative estimate of drug-likeness (QED) is 0.712. The number of nitrogens with zero attached hydrogens (tertiary/aromatic N) is 2. The van der Waals surface area contributed by atoms with Crippen molar-refractivity contribution in [1.82, 2.24) is 9.97 Å². The topological polar surface area (TPSA) is 65.5 Å². The highest BCUT2D eigenvalue weighted by atomic mass is 16.7. The Morgan fingerprint density at radius 3 is 2.61 bits per heavy atom. The van der Waals surface area contributed by atoms with Gasteiger partial charge in [-0.3, -0.25) is 0 Å². The average Bonchev–Trinajstić information content (AvgIpc) is 2.37. The Morgan fingerprint density at radius 2 is 2.00 bits per heavy atom. The molecule has 1 aromatic rings. The minimum atomic E-state index is -0.325. The molecular weight excluding hydrogens is 234 g/mol. The Hall–Kier alpha value is -1.40. The first-order chi connectivity index (χ1) is 8.69. The van der Waals surface area contributed by atoms with E-state index in [2.05, 4.69) is 22.2 Å². The number of aryl methyl sites for hydroxylation is 1. The van der Waals surface area contributed by atoms with Crippen molar-refractivity contribution in [3.63, 3.8) is 0 Å². The summed E-state index contributed by atoms with van der Waals surface area (Å²) in [7, 11) is 3.17. The Kier molecular flexibility index (Phi) is 6.38. The first-order valence-corrected chi connectivity index (χ1v) is 5.97. The summed E-state index contributed by atoms with van der Waals surface area (Å²) in [5.74, 6) is 1.10. The minimum absolute atomic E-state index is 0.325. The molecule has 0 aliphatic rings. The van der Waals surface area contributed by atoms with E-state index in [0.29, 0.717) is 25.0 Å². The monoisotopic (exact) mass is 255 g/mol. The molecule has 102 valence electrons. The SMILES string of the molecule is CCCOc1cc(C)nc(NCC(OC)OC)n1. The van der Waals surface area contributed by atoms with Crippen LogP contribution in [-0.2, 0) is 9.47 Å². The van der Waals surface area contributed by atoms with E-state index in [1.165, 1.54) is 0 Å². The fraction of sp³-hybridized carbons (Fsp3) is 0.667. The Bertz CT molecular complexity index is 356. The fourth-order valence-electron chi connectivity index (χ4n) is 1.34. The average molecular weight is 255 g/mol. The molecule has 0 aliphatic heterocycles. The number of nitrogens with one attached hydrogen (secondary N) is 1. The number of aromatic nitrogens is 2. The number of hydrogen-bond acceptors (Lipinski definition) is 6. The lowest BCUT2D eigenvalue weighted by molar-refractivity contribution is -0.0914. The maximum absolute atomic E-state index is 5.48. The van der Waals surface area contributed by atoms with Crippen LogP contribution in [0.3, 0.4) is 0 Å². The van der Waals surface area contributed by atoms with Crippen LogP contribution in [0.25, 0.3) is 0 Å². The lowest BCUT2D eigenvalue weighted by Gasteiger charge is -2.14. The molecule has 6 heteroatoms. The molecular formula is C12H21N3O3.